The van der Waals surface area contributed by atoms with Crippen molar-refractivity contribution in [2.75, 3.05) is 6.61 Å². The van der Waals surface area contributed by atoms with Crippen LogP contribution in [0.5, 0.6) is 0 Å². The first-order chi connectivity index (χ1) is 7.61. The maximum atomic E-state index is 11.5. The Hall–Kier alpha value is -1.20. The minimum absolute atomic E-state index is 0.346. The molecule has 2 heterocycles. The Bertz CT molecular complexity index is 514. The quantitative estimate of drug-likeness (QED) is 0.776. The molecule has 0 amide bonds. The Morgan fingerprint density at radius 1 is 1.56 bits per heavy atom. The van der Waals surface area contributed by atoms with Crippen LogP contribution in [0.3, 0.4) is 0 Å². The van der Waals surface area contributed by atoms with Gasteiger partial charge in [-0.3, -0.25) is 0 Å². The molecule has 0 aliphatic carbocycles. The first-order valence-electron chi connectivity index (χ1n) is 4.72. The van der Waals surface area contributed by atoms with Crippen molar-refractivity contribution in [2.24, 2.45) is 0 Å². The first kappa shape index (κ1) is 11.3. The third-order valence-corrected chi connectivity index (χ3v) is 3.31. The SMILES string of the molecule is CCOC(=O)c1cc2nc(Cl)c(C)nc2s1. The molecule has 0 aliphatic rings. The number of nitrogens with zero attached hydrogens (tertiary/aromatic N) is 2. The third-order valence-electron chi connectivity index (χ3n) is 1.96. The fourth-order valence-electron chi connectivity index (χ4n) is 1.22. The number of fused-ring (bicyclic) bond motifs is 1. The summed E-state index contributed by atoms with van der Waals surface area (Å²) in [5.41, 5.74) is 1.29. The summed E-state index contributed by atoms with van der Waals surface area (Å²) in [6, 6.07) is 1.65. The number of aromatic nitrogens is 2. The highest BCUT2D eigenvalue weighted by molar-refractivity contribution is 7.20. The molecular weight excluding hydrogens is 248 g/mol. The summed E-state index contributed by atoms with van der Waals surface area (Å²) in [4.78, 5) is 21.1. The van der Waals surface area contributed by atoms with Gasteiger partial charge in [0.1, 0.15) is 15.2 Å². The number of aryl methyl sites for hydroxylation is 1. The van der Waals surface area contributed by atoms with E-state index in [1.807, 2.05) is 0 Å². The predicted molar refractivity (Wildman–Crippen MR) is 63.1 cm³/mol. The normalized spacial score (nSPS) is 10.7. The highest BCUT2D eigenvalue weighted by atomic mass is 35.5. The van der Waals surface area contributed by atoms with Crippen molar-refractivity contribution in [3.63, 3.8) is 0 Å². The van der Waals surface area contributed by atoms with E-state index in [2.05, 4.69) is 9.97 Å². The van der Waals surface area contributed by atoms with E-state index in [4.69, 9.17) is 16.3 Å². The van der Waals surface area contributed by atoms with Crippen LogP contribution < -0.4 is 0 Å². The molecule has 0 aliphatic heterocycles. The Balaban J connectivity index is 2.48. The largest absolute Gasteiger partial charge is 0.462 e. The van der Waals surface area contributed by atoms with Crippen molar-refractivity contribution in [3.05, 3.63) is 21.8 Å². The summed E-state index contributed by atoms with van der Waals surface area (Å²) in [5, 5.41) is 0.362. The summed E-state index contributed by atoms with van der Waals surface area (Å²) in [5.74, 6) is -0.346. The van der Waals surface area contributed by atoms with E-state index >= 15 is 0 Å². The summed E-state index contributed by atoms with van der Waals surface area (Å²) in [7, 11) is 0. The monoisotopic (exact) mass is 256 g/mol. The van der Waals surface area contributed by atoms with Gasteiger partial charge in [-0.25, -0.2) is 14.8 Å². The average Bonchev–Trinajstić information content (AvgIpc) is 2.62. The van der Waals surface area contributed by atoms with Crippen molar-refractivity contribution in [2.45, 2.75) is 13.8 Å². The predicted octanol–water partition coefficient (Wildman–Crippen LogP) is 2.83. The van der Waals surface area contributed by atoms with Gasteiger partial charge < -0.3 is 4.74 Å². The molecule has 0 aromatic carbocycles. The Labute approximate surface area is 101 Å². The van der Waals surface area contributed by atoms with Crippen LogP contribution in [0.1, 0.15) is 22.3 Å². The number of rotatable bonds is 2. The van der Waals surface area contributed by atoms with E-state index in [0.29, 0.717) is 32.7 Å². The van der Waals surface area contributed by atoms with Gasteiger partial charge in [-0.05, 0) is 19.9 Å². The Morgan fingerprint density at radius 2 is 2.31 bits per heavy atom. The fourth-order valence-corrected chi connectivity index (χ4v) is 2.27. The first-order valence-corrected chi connectivity index (χ1v) is 5.92. The van der Waals surface area contributed by atoms with Gasteiger partial charge in [0.2, 0.25) is 0 Å². The molecule has 16 heavy (non-hydrogen) atoms. The molecule has 0 spiro atoms. The lowest BCUT2D eigenvalue weighted by Gasteiger charge is -1.95. The van der Waals surface area contributed by atoms with Gasteiger partial charge in [-0.15, -0.1) is 11.3 Å². The van der Waals surface area contributed by atoms with Crippen molar-refractivity contribution in [3.8, 4) is 0 Å². The second-order valence-electron chi connectivity index (χ2n) is 3.12. The third kappa shape index (κ3) is 2.01. The minimum Gasteiger partial charge on any atom is -0.462 e. The lowest BCUT2D eigenvalue weighted by molar-refractivity contribution is 0.0532. The van der Waals surface area contributed by atoms with Gasteiger partial charge in [-0.1, -0.05) is 11.6 Å². The molecule has 84 valence electrons. The van der Waals surface area contributed by atoms with E-state index in [0.717, 1.165) is 0 Å². The molecule has 0 radical (unpaired) electrons. The number of hydrogen-bond donors (Lipinski definition) is 0. The number of esters is 1. The van der Waals surface area contributed by atoms with E-state index in [1.54, 1.807) is 19.9 Å². The molecule has 6 heteroatoms. The highest BCUT2D eigenvalue weighted by Gasteiger charge is 2.13. The molecule has 0 saturated carbocycles. The van der Waals surface area contributed by atoms with Gasteiger partial charge in [0.05, 0.1) is 12.3 Å². The number of carbonyl (C=O) groups is 1. The van der Waals surface area contributed by atoms with Gasteiger partial charge in [-0.2, -0.15) is 0 Å². The number of halogens is 1. The van der Waals surface area contributed by atoms with E-state index < -0.39 is 0 Å². The topological polar surface area (TPSA) is 52.1 Å². The van der Waals surface area contributed by atoms with Crippen LogP contribution in [-0.4, -0.2) is 22.5 Å². The van der Waals surface area contributed by atoms with Crippen molar-refractivity contribution in [1.29, 1.82) is 0 Å². The summed E-state index contributed by atoms with van der Waals surface area (Å²) in [6.07, 6.45) is 0. The summed E-state index contributed by atoms with van der Waals surface area (Å²) in [6.45, 7) is 3.90. The Morgan fingerprint density at radius 3 is 3.00 bits per heavy atom. The zero-order chi connectivity index (χ0) is 11.7. The van der Waals surface area contributed by atoms with Crippen LogP contribution >= 0.6 is 22.9 Å². The number of hydrogen-bond acceptors (Lipinski definition) is 5. The van der Waals surface area contributed by atoms with E-state index in [1.165, 1.54) is 11.3 Å². The second-order valence-corrected chi connectivity index (χ2v) is 4.51. The zero-order valence-corrected chi connectivity index (χ0v) is 10.4. The fraction of sp³-hybridized carbons (Fsp3) is 0.300. The second kappa shape index (κ2) is 4.35. The van der Waals surface area contributed by atoms with Crippen LogP contribution in [0, 0.1) is 6.92 Å². The summed E-state index contributed by atoms with van der Waals surface area (Å²) >= 11 is 7.11. The van der Waals surface area contributed by atoms with Gasteiger partial charge in [0.15, 0.2) is 5.15 Å². The van der Waals surface area contributed by atoms with Crippen LogP contribution in [-0.2, 0) is 4.74 Å². The van der Waals surface area contributed by atoms with Crippen molar-refractivity contribution >= 4 is 39.3 Å². The smallest absolute Gasteiger partial charge is 0.348 e. The van der Waals surface area contributed by atoms with Crippen molar-refractivity contribution < 1.29 is 9.53 Å². The molecule has 0 bridgehead atoms. The molecule has 2 rings (SSSR count). The highest BCUT2D eigenvalue weighted by Crippen LogP contribution is 2.25. The number of thiophene rings is 1. The van der Waals surface area contributed by atoms with Crippen molar-refractivity contribution in [1.82, 2.24) is 9.97 Å². The average molecular weight is 257 g/mol. The van der Waals surface area contributed by atoms with Crippen LogP contribution in [0.15, 0.2) is 6.07 Å². The maximum absolute atomic E-state index is 11.5. The molecule has 0 unspecified atom stereocenters. The lowest BCUT2D eigenvalue weighted by atomic mass is 10.4. The molecule has 4 nitrogen and oxygen atoms in total. The zero-order valence-electron chi connectivity index (χ0n) is 8.78. The Kier molecular flexibility index (Phi) is 3.07. The molecular formula is C10H9ClN2O2S. The standard InChI is InChI=1S/C10H9ClN2O2S/c1-3-15-10(14)7-4-6-9(16-7)12-5(2)8(11)13-6/h4H,3H2,1-2H3. The van der Waals surface area contributed by atoms with E-state index in [-0.39, 0.29) is 5.97 Å². The van der Waals surface area contributed by atoms with Gasteiger partial charge in [0, 0.05) is 0 Å². The van der Waals surface area contributed by atoms with Gasteiger partial charge in [0.25, 0.3) is 0 Å². The molecule has 0 saturated heterocycles. The lowest BCUT2D eigenvalue weighted by Crippen LogP contribution is -2.01. The molecule has 2 aromatic rings. The number of ether oxygens (including phenoxy) is 1. The van der Waals surface area contributed by atoms with Gasteiger partial charge >= 0.3 is 5.97 Å². The summed E-state index contributed by atoms with van der Waals surface area (Å²) < 4.78 is 4.90. The van der Waals surface area contributed by atoms with Crippen LogP contribution in [0.2, 0.25) is 5.15 Å². The van der Waals surface area contributed by atoms with Crippen LogP contribution in [0.4, 0.5) is 0 Å². The van der Waals surface area contributed by atoms with Crippen LogP contribution in [0.25, 0.3) is 10.3 Å². The molecule has 0 N–H and O–H groups in total. The maximum Gasteiger partial charge on any atom is 0.348 e. The minimum atomic E-state index is -0.346. The molecule has 0 atom stereocenters. The molecule has 2 aromatic heterocycles. The molecule has 0 fully saturated rings. The number of carbonyl (C=O) groups excluding carboxylic acids is 1. The van der Waals surface area contributed by atoms with E-state index in [9.17, 15) is 4.79 Å².